The van der Waals surface area contributed by atoms with Crippen molar-refractivity contribution in [3.8, 4) is 0 Å². The van der Waals surface area contributed by atoms with Crippen molar-refractivity contribution < 1.29 is 0 Å². The summed E-state index contributed by atoms with van der Waals surface area (Å²) in [5, 5.41) is 0. The van der Waals surface area contributed by atoms with Crippen molar-refractivity contribution in [2.24, 2.45) is 9.98 Å². The van der Waals surface area contributed by atoms with Crippen LogP contribution in [0.2, 0.25) is 0 Å². The summed E-state index contributed by atoms with van der Waals surface area (Å²) in [5.41, 5.74) is 9.23. The fourth-order valence-corrected chi connectivity index (χ4v) is 2.80. The van der Waals surface area contributed by atoms with Gasteiger partial charge < -0.3 is 0 Å². The molecule has 0 fully saturated rings. The van der Waals surface area contributed by atoms with Crippen LogP contribution in [0.1, 0.15) is 42.5 Å². The normalized spacial score (nSPS) is 12.6. The van der Waals surface area contributed by atoms with Gasteiger partial charge in [-0.05, 0) is 63.8 Å². The SMILES string of the molecule is C/C(C/C(C)=N/c1c(C)cccc1C)=N\c1c(C)cccc1C. The van der Waals surface area contributed by atoms with Crippen molar-refractivity contribution in [2.45, 2.75) is 48.0 Å². The molecule has 0 heterocycles. The molecule has 0 aliphatic heterocycles. The number of benzene rings is 2. The summed E-state index contributed by atoms with van der Waals surface area (Å²) >= 11 is 0. The van der Waals surface area contributed by atoms with E-state index in [0.717, 1.165) is 29.2 Å². The molecule has 0 aliphatic rings. The molecule has 0 saturated carbocycles. The molecule has 0 amide bonds. The van der Waals surface area contributed by atoms with Crippen LogP contribution in [0.25, 0.3) is 0 Å². The Balaban J connectivity index is 2.24. The van der Waals surface area contributed by atoms with E-state index in [0.29, 0.717) is 0 Å². The van der Waals surface area contributed by atoms with E-state index in [1.54, 1.807) is 0 Å². The zero-order valence-electron chi connectivity index (χ0n) is 15.1. The zero-order chi connectivity index (χ0) is 17.0. The minimum atomic E-state index is 0.793. The minimum absolute atomic E-state index is 0.793. The highest BCUT2D eigenvalue weighted by Crippen LogP contribution is 2.25. The maximum Gasteiger partial charge on any atom is 0.0687 e. The second-order valence-electron chi connectivity index (χ2n) is 6.35. The third kappa shape index (κ3) is 4.38. The molecule has 0 radical (unpaired) electrons. The predicted octanol–water partition coefficient (Wildman–Crippen LogP) is 6.20. The van der Waals surface area contributed by atoms with E-state index in [2.05, 4.69) is 77.9 Å². The maximum atomic E-state index is 4.82. The fourth-order valence-electron chi connectivity index (χ4n) is 2.80. The topological polar surface area (TPSA) is 24.7 Å². The Morgan fingerprint density at radius 3 is 1.26 bits per heavy atom. The molecular weight excluding hydrogens is 280 g/mol. The quantitative estimate of drug-likeness (QED) is 0.601. The Kier molecular flexibility index (Phi) is 5.49. The molecule has 0 spiro atoms. The van der Waals surface area contributed by atoms with Crippen LogP contribution in [-0.2, 0) is 0 Å². The lowest BCUT2D eigenvalue weighted by atomic mass is 10.1. The lowest BCUT2D eigenvalue weighted by Crippen LogP contribution is -2.01. The van der Waals surface area contributed by atoms with Gasteiger partial charge in [0.2, 0.25) is 0 Å². The van der Waals surface area contributed by atoms with Crippen LogP contribution in [0, 0.1) is 27.7 Å². The number of nitrogens with zero attached hydrogens (tertiary/aromatic N) is 2. The standard InChI is InChI=1S/C21H26N2/c1-14-9-7-10-15(2)20(14)22-18(5)13-19(6)23-21-16(3)11-8-12-17(21)4/h7-12H,13H2,1-6H3/b22-18+,23-19+. The van der Waals surface area contributed by atoms with Crippen molar-refractivity contribution >= 4 is 22.8 Å². The van der Waals surface area contributed by atoms with Gasteiger partial charge in [0.25, 0.3) is 0 Å². The summed E-state index contributed by atoms with van der Waals surface area (Å²) in [5.74, 6) is 0. The molecule has 0 bridgehead atoms. The number of aryl methyl sites for hydroxylation is 4. The van der Waals surface area contributed by atoms with Crippen LogP contribution >= 0.6 is 0 Å². The van der Waals surface area contributed by atoms with E-state index in [1.165, 1.54) is 22.3 Å². The first-order chi connectivity index (χ1) is 10.9. The molecule has 0 saturated heterocycles. The minimum Gasteiger partial charge on any atom is -0.257 e. The van der Waals surface area contributed by atoms with Gasteiger partial charge in [-0.15, -0.1) is 0 Å². The first-order valence-corrected chi connectivity index (χ1v) is 8.09. The van der Waals surface area contributed by atoms with Crippen LogP contribution in [0.15, 0.2) is 46.4 Å². The van der Waals surface area contributed by atoms with Crippen LogP contribution in [0.3, 0.4) is 0 Å². The average molecular weight is 306 g/mol. The molecule has 23 heavy (non-hydrogen) atoms. The molecule has 2 rings (SSSR count). The Bertz CT molecular complexity index is 661. The lowest BCUT2D eigenvalue weighted by molar-refractivity contribution is 1.28. The Labute approximate surface area is 140 Å². The van der Waals surface area contributed by atoms with Gasteiger partial charge in [0, 0.05) is 17.8 Å². The van der Waals surface area contributed by atoms with Gasteiger partial charge in [0.1, 0.15) is 0 Å². The molecule has 2 aromatic rings. The van der Waals surface area contributed by atoms with Gasteiger partial charge in [0.05, 0.1) is 11.4 Å². The Morgan fingerprint density at radius 1 is 0.652 bits per heavy atom. The molecule has 2 nitrogen and oxygen atoms in total. The van der Waals surface area contributed by atoms with Gasteiger partial charge in [-0.25, -0.2) is 0 Å². The van der Waals surface area contributed by atoms with Crippen molar-refractivity contribution in [1.29, 1.82) is 0 Å². The highest BCUT2D eigenvalue weighted by molar-refractivity contribution is 6.04. The highest BCUT2D eigenvalue weighted by Gasteiger charge is 2.04. The van der Waals surface area contributed by atoms with E-state index in [1.807, 2.05) is 0 Å². The predicted molar refractivity (Wildman–Crippen MR) is 102 cm³/mol. The second kappa shape index (κ2) is 7.36. The first-order valence-electron chi connectivity index (χ1n) is 8.09. The summed E-state index contributed by atoms with van der Waals surface area (Å²) in [4.78, 5) is 9.64. The van der Waals surface area contributed by atoms with Gasteiger partial charge in [0.15, 0.2) is 0 Å². The molecule has 0 atom stereocenters. The third-order valence-corrected chi connectivity index (χ3v) is 4.00. The number of para-hydroxylation sites is 2. The zero-order valence-corrected chi connectivity index (χ0v) is 15.1. The van der Waals surface area contributed by atoms with Crippen LogP contribution < -0.4 is 0 Å². The number of hydrogen-bond donors (Lipinski definition) is 0. The van der Waals surface area contributed by atoms with Crippen molar-refractivity contribution in [3.05, 3.63) is 58.7 Å². The fraction of sp³-hybridized carbons (Fsp3) is 0.333. The molecule has 0 unspecified atom stereocenters. The van der Waals surface area contributed by atoms with E-state index < -0.39 is 0 Å². The lowest BCUT2D eigenvalue weighted by Gasteiger charge is -2.08. The first kappa shape index (κ1) is 17.1. The number of aliphatic imine (C=N–C) groups is 2. The van der Waals surface area contributed by atoms with E-state index >= 15 is 0 Å². The molecular formula is C21H26N2. The molecule has 0 aromatic heterocycles. The van der Waals surface area contributed by atoms with Crippen molar-refractivity contribution in [3.63, 3.8) is 0 Å². The molecule has 120 valence electrons. The Morgan fingerprint density at radius 2 is 0.957 bits per heavy atom. The third-order valence-electron chi connectivity index (χ3n) is 4.00. The van der Waals surface area contributed by atoms with Crippen molar-refractivity contribution in [2.75, 3.05) is 0 Å². The summed E-state index contributed by atoms with van der Waals surface area (Å²) in [7, 11) is 0. The van der Waals surface area contributed by atoms with Gasteiger partial charge >= 0.3 is 0 Å². The largest absolute Gasteiger partial charge is 0.257 e. The molecule has 0 N–H and O–H groups in total. The van der Waals surface area contributed by atoms with Crippen LogP contribution in [0.5, 0.6) is 0 Å². The number of rotatable bonds is 4. The summed E-state index contributed by atoms with van der Waals surface area (Å²) in [6, 6.07) is 12.6. The van der Waals surface area contributed by atoms with E-state index in [4.69, 9.17) is 9.98 Å². The van der Waals surface area contributed by atoms with Gasteiger partial charge in [-0.1, -0.05) is 36.4 Å². The second-order valence-corrected chi connectivity index (χ2v) is 6.35. The van der Waals surface area contributed by atoms with Crippen molar-refractivity contribution in [1.82, 2.24) is 0 Å². The van der Waals surface area contributed by atoms with Crippen LogP contribution in [-0.4, -0.2) is 11.4 Å². The van der Waals surface area contributed by atoms with E-state index in [-0.39, 0.29) is 0 Å². The summed E-state index contributed by atoms with van der Waals surface area (Å²) < 4.78 is 0. The molecule has 0 aliphatic carbocycles. The van der Waals surface area contributed by atoms with Crippen LogP contribution in [0.4, 0.5) is 11.4 Å². The summed E-state index contributed by atoms with van der Waals surface area (Å²) in [6.45, 7) is 12.6. The number of hydrogen-bond acceptors (Lipinski definition) is 2. The van der Waals surface area contributed by atoms with Gasteiger partial charge in [-0.2, -0.15) is 0 Å². The monoisotopic (exact) mass is 306 g/mol. The van der Waals surface area contributed by atoms with E-state index in [9.17, 15) is 0 Å². The highest BCUT2D eigenvalue weighted by atomic mass is 14.8. The average Bonchev–Trinajstić information content (AvgIpc) is 2.47. The maximum absolute atomic E-state index is 4.82. The molecule has 2 heteroatoms. The smallest absolute Gasteiger partial charge is 0.0687 e. The molecule has 2 aromatic carbocycles. The van der Waals surface area contributed by atoms with Gasteiger partial charge in [-0.3, -0.25) is 9.98 Å². The Hall–Kier alpha value is -2.22. The summed E-state index contributed by atoms with van der Waals surface area (Å²) in [6.07, 6.45) is 0.793.